The number of carbonyl (C=O) groups excluding carboxylic acids is 3. The third-order valence-corrected chi connectivity index (χ3v) is 5.14. The van der Waals surface area contributed by atoms with Crippen LogP contribution in [0.1, 0.15) is 27.2 Å². The van der Waals surface area contributed by atoms with Gasteiger partial charge in [-0.1, -0.05) is 23.2 Å². The van der Waals surface area contributed by atoms with E-state index in [0.29, 0.717) is 0 Å². The highest BCUT2D eigenvalue weighted by Gasteiger charge is 2.48. The summed E-state index contributed by atoms with van der Waals surface area (Å²) in [5.41, 5.74) is -0.287. The number of rotatable bonds is 7. The van der Waals surface area contributed by atoms with Crippen molar-refractivity contribution in [3.63, 3.8) is 0 Å². The van der Waals surface area contributed by atoms with E-state index in [-0.39, 0.29) is 34.4 Å². The molecular weight excluding hydrogens is 443 g/mol. The van der Waals surface area contributed by atoms with Gasteiger partial charge in [0.1, 0.15) is 11.8 Å². The van der Waals surface area contributed by atoms with Crippen molar-refractivity contribution in [2.75, 3.05) is 11.9 Å². The Morgan fingerprint density at radius 1 is 1.07 bits per heavy atom. The molecule has 1 N–H and O–H groups in total. The highest BCUT2D eigenvalue weighted by molar-refractivity contribution is 6.42. The fourth-order valence-electron chi connectivity index (χ4n) is 3.32. The normalized spacial score (nSPS) is 22.8. The summed E-state index contributed by atoms with van der Waals surface area (Å²) in [6.45, 7) is 3.52. The van der Waals surface area contributed by atoms with E-state index in [9.17, 15) is 24.5 Å². The molecule has 12 heteroatoms. The molecule has 1 aromatic carbocycles. The van der Waals surface area contributed by atoms with Gasteiger partial charge in [-0.15, -0.1) is 0 Å². The summed E-state index contributed by atoms with van der Waals surface area (Å²) in [6, 6.07) is 1.68. The largest absolute Gasteiger partial charge is 0.465 e. The van der Waals surface area contributed by atoms with Gasteiger partial charge in [0.2, 0.25) is 0 Å². The predicted octanol–water partition coefficient (Wildman–Crippen LogP) is 3.13. The molecule has 1 aliphatic rings. The Labute approximate surface area is 181 Å². The van der Waals surface area contributed by atoms with Crippen LogP contribution >= 0.6 is 23.2 Å². The van der Waals surface area contributed by atoms with Gasteiger partial charge in [0.05, 0.1) is 27.6 Å². The number of nitro groups is 1. The molecule has 0 amide bonds. The van der Waals surface area contributed by atoms with Crippen molar-refractivity contribution in [2.24, 2.45) is 5.92 Å². The first-order valence-corrected chi connectivity index (χ1v) is 9.63. The van der Waals surface area contributed by atoms with Gasteiger partial charge in [-0.3, -0.25) is 24.5 Å². The SMILES string of the molecule is CC(=O)OC[C@H]1C[C@@H](Nc2cc(Cl)c(Cl)cc2[N+](=O)[O-])[C@@H](OC(C)=O)C1OC(C)=O. The number of halogens is 2. The van der Waals surface area contributed by atoms with Gasteiger partial charge in [-0.2, -0.15) is 0 Å². The number of esters is 3. The standard InChI is InChI=1S/C18H20Cl2N2O8/c1-8(23)28-7-11-4-15(18(30-10(3)25)17(11)29-9(2)24)21-14-5-12(19)13(20)6-16(14)22(26)27/h5-6,11,15,17-18,21H,4,7H2,1-3H3/t11-,15-,17?,18-/m1/s1. The van der Waals surface area contributed by atoms with Crippen LogP contribution in [0.4, 0.5) is 11.4 Å². The lowest BCUT2D eigenvalue weighted by Gasteiger charge is -2.26. The molecular formula is C18H20Cl2N2O8. The van der Waals surface area contributed by atoms with Gasteiger partial charge in [0.15, 0.2) is 6.10 Å². The number of ether oxygens (including phenoxy) is 3. The van der Waals surface area contributed by atoms with E-state index in [2.05, 4.69) is 5.32 Å². The van der Waals surface area contributed by atoms with E-state index in [1.165, 1.54) is 26.8 Å². The summed E-state index contributed by atoms with van der Waals surface area (Å²) in [4.78, 5) is 45.2. The van der Waals surface area contributed by atoms with Gasteiger partial charge in [0, 0.05) is 32.8 Å². The number of nitrogens with zero attached hydrogens (tertiary/aromatic N) is 1. The minimum absolute atomic E-state index is 0.00222. The highest BCUT2D eigenvalue weighted by atomic mass is 35.5. The van der Waals surface area contributed by atoms with Crippen LogP contribution in [0, 0.1) is 16.0 Å². The van der Waals surface area contributed by atoms with Gasteiger partial charge >= 0.3 is 17.9 Å². The fourth-order valence-corrected chi connectivity index (χ4v) is 3.64. The molecule has 0 heterocycles. The van der Waals surface area contributed by atoms with Gasteiger partial charge in [0.25, 0.3) is 5.69 Å². The second-order valence-electron chi connectivity index (χ2n) is 6.74. The van der Waals surface area contributed by atoms with Crippen molar-refractivity contribution < 1.29 is 33.5 Å². The van der Waals surface area contributed by atoms with Crippen molar-refractivity contribution in [3.05, 3.63) is 32.3 Å². The summed E-state index contributed by atoms with van der Waals surface area (Å²) in [5, 5.41) is 14.4. The van der Waals surface area contributed by atoms with Crippen LogP contribution in [0.5, 0.6) is 0 Å². The summed E-state index contributed by atoms with van der Waals surface area (Å²) >= 11 is 11.9. The molecule has 1 aliphatic carbocycles. The molecule has 1 aromatic rings. The number of nitrogens with one attached hydrogen (secondary N) is 1. The van der Waals surface area contributed by atoms with Crippen molar-refractivity contribution in [1.29, 1.82) is 0 Å². The smallest absolute Gasteiger partial charge is 0.303 e. The van der Waals surface area contributed by atoms with Crippen molar-refractivity contribution in [3.8, 4) is 0 Å². The maximum Gasteiger partial charge on any atom is 0.303 e. The van der Waals surface area contributed by atoms with Gasteiger partial charge < -0.3 is 19.5 Å². The van der Waals surface area contributed by atoms with Crippen LogP contribution in [-0.2, 0) is 28.6 Å². The zero-order chi connectivity index (χ0) is 22.6. The lowest BCUT2D eigenvalue weighted by atomic mass is 10.1. The average Bonchev–Trinajstić information content (AvgIpc) is 2.91. The zero-order valence-corrected chi connectivity index (χ0v) is 17.9. The van der Waals surface area contributed by atoms with Gasteiger partial charge in [-0.05, 0) is 12.5 Å². The number of anilines is 1. The maximum absolute atomic E-state index is 11.7. The Bertz CT molecular complexity index is 863. The summed E-state index contributed by atoms with van der Waals surface area (Å²) in [5.74, 6) is -2.30. The Morgan fingerprint density at radius 3 is 2.17 bits per heavy atom. The van der Waals surface area contributed by atoms with Crippen molar-refractivity contribution in [2.45, 2.75) is 45.4 Å². The molecule has 1 saturated carbocycles. The van der Waals surface area contributed by atoms with E-state index < -0.39 is 47.0 Å². The molecule has 4 atom stereocenters. The lowest BCUT2D eigenvalue weighted by Crippen LogP contribution is -2.41. The zero-order valence-electron chi connectivity index (χ0n) is 16.3. The van der Waals surface area contributed by atoms with Crippen molar-refractivity contribution >= 4 is 52.5 Å². The monoisotopic (exact) mass is 462 g/mol. The van der Waals surface area contributed by atoms with Crippen LogP contribution in [0.25, 0.3) is 0 Å². The number of nitro benzene ring substituents is 1. The Balaban J connectivity index is 2.39. The van der Waals surface area contributed by atoms with Crippen LogP contribution in [0.2, 0.25) is 10.0 Å². The van der Waals surface area contributed by atoms with Gasteiger partial charge in [-0.25, -0.2) is 0 Å². The molecule has 164 valence electrons. The first-order valence-electron chi connectivity index (χ1n) is 8.87. The van der Waals surface area contributed by atoms with Crippen LogP contribution < -0.4 is 5.32 Å². The quantitative estimate of drug-likeness (QED) is 0.280. The fraction of sp³-hybridized carbons (Fsp3) is 0.500. The predicted molar refractivity (Wildman–Crippen MR) is 106 cm³/mol. The van der Waals surface area contributed by atoms with E-state index in [1.54, 1.807) is 0 Å². The molecule has 2 rings (SSSR count). The lowest BCUT2D eigenvalue weighted by molar-refractivity contribution is -0.384. The van der Waals surface area contributed by atoms with Crippen LogP contribution in [-0.4, -0.2) is 47.7 Å². The number of hydrogen-bond acceptors (Lipinski definition) is 9. The molecule has 1 fully saturated rings. The summed E-state index contributed by atoms with van der Waals surface area (Å²) < 4.78 is 15.7. The van der Waals surface area contributed by atoms with Crippen LogP contribution in [0.15, 0.2) is 12.1 Å². The second-order valence-corrected chi connectivity index (χ2v) is 7.55. The molecule has 0 bridgehead atoms. The van der Waals surface area contributed by atoms with E-state index in [4.69, 9.17) is 37.4 Å². The first kappa shape index (κ1) is 23.7. The van der Waals surface area contributed by atoms with E-state index in [1.807, 2.05) is 0 Å². The minimum atomic E-state index is -0.985. The number of benzene rings is 1. The van der Waals surface area contributed by atoms with E-state index >= 15 is 0 Å². The highest BCUT2D eigenvalue weighted by Crippen LogP contribution is 2.38. The maximum atomic E-state index is 11.7. The molecule has 0 saturated heterocycles. The first-order chi connectivity index (χ1) is 14.0. The third kappa shape index (κ3) is 5.96. The molecule has 0 aromatic heterocycles. The summed E-state index contributed by atoms with van der Waals surface area (Å²) in [6.07, 6.45) is -1.69. The Hall–Kier alpha value is -2.59. The Kier molecular flexibility index (Phi) is 7.85. The minimum Gasteiger partial charge on any atom is -0.465 e. The van der Waals surface area contributed by atoms with E-state index in [0.717, 1.165) is 6.07 Å². The van der Waals surface area contributed by atoms with Crippen molar-refractivity contribution in [1.82, 2.24) is 0 Å². The molecule has 30 heavy (non-hydrogen) atoms. The van der Waals surface area contributed by atoms with Crippen LogP contribution in [0.3, 0.4) is 0 Å². The Morgan fingerprint density at radius 2 is 1.63 bits per heavy atom. The number of carbonyl (C=O) groups is 3. The molecule has 10 nitrogen and oxygen atoms in total. The average molecular weight is 463 g/mol. The molecule has 1 unspecified atom stereocenters. The molecule has 0 aliphatic heterocycles. The molecule has 0 radical (unpaired) electrons. The molecule has 0 spiro atoms. The number of hydrogen-bond donors (Lipinski definition) is 1. The topological polar surface area (TPSA) is 134 Å². The summed E-state index contributed by atoms with van der Waals surface area (Å²) in [7, 11) is 0. The third-order valence-electron chi connectivity index (χ3n) is 4.42. The second kappa shape index (κ2) is 9.94.